The summed E-state index contributed by atoms with van der Waals surface area (Å²) in [5, 5.41) is 1.35. The average molecular weight is 358 g/mol. The predicted octanol–water partition coefficient (Wildman–Crippen LogP) is 4.99. The second-order valence-electron chi connectivity index (χ2n) is 6.16. The standard InChI is InChI=1S/C22H18N2OS/c1-16-11-13-18(14-12-16)24-21(25)19-9-5-6-10-20(19)23-22(24)26-15-17-7-3-2-4-8-17/h2-14H,15H2,1H3. The van der Waals surface area contributed by atoms with Crippen LogP contribution in [0.4, 0.5) is 0 Å². The van der Waals surface area contributed by atoms with Gasteiger partial charge in [-0.25, -0.2) is 4.98 Å². The fourth-order valence-corrected chi connectivity index (χ4v) is 3.82. The average Bonchev–Trinajstić information content (AvgIpc) is 2.68. The number of rotatable bonds is 4. The van der Waals surface area contributed by atoms with E-state index in [0.717, 1.165) is 22.5 Å². The van der Waals surface area contributed by atoms with E-state index in [1.165, 1.54) is 5.56 Å². The van der Waals surface area contributed by atoms with Gasteiger partial charge >= 0.3 is 0 Å². The third kappa shape index (κ3) is 3.28. The van der Waals surface area contributed by atoms with Crippen molar-refractivity contribution in [2.75, 3.05) is 0 Å². The van der Waals surface area contributed by atoms with Crippen molar-refractivity contribution in [2.24, 2.45) is 0 Å². The number of hydrogen-bond acceptors (Lipinski definition) is 3. The van der Waals surface area contributed by atoms with E-state index < -0.39 is 0 Å². The highest BCUT2D eigenvalue weighted by molar-refractivity contribution is 7.98. The quantitative estimate of drug-likeness (QED) is 0.381. The first-order chi connectivity index (χ1) is 12.7. The number of nitrogens with zero attached hydrogens (tertiary/aromatic N) is 2. The van der Waals surface area contributed by atoms with Crippen LogP contribution in [0.1, 0.15) is 11.1 Å². The van der Waals surface area contributed by atoms with Crippen LogP contribution in [0.3, 0.4) is 0 Å². The Morgan fingerprint density at radius 2 is 1.58 bits per heavy atom. The molecule has 128 valence electrons. The normalized spacial score (nSPS) is 11.0. The van der Waals surface area contributed by atoms with Gasteiger partial charge in [0.15, 0.2) is 5.16 Å². The Balaban J connectivity index is 1.85. The Bertz CT molecular complexity index is 1100. The maximum Gasteiger partial charge on any atom is 0.266 e. The first kappa shape index (κ1) is 16.6. The monoisotopic (exact) mass is 358 g/mol. The Morgan fingerprint density at radius 1 is 0.885 bits per heavy atom. The minimum atomic E-state index is -0.0324. The maximum atomic E-state index is 13.2. The molecule has 0 unspecified atom stereocenters. The van der Waals surface area contributed by atoms with Crippen molar-refractivity contribution in [1.82, 2.24) is 9.55 Å². The van der Waals surface area contributed by atoms with Gasteiger partial charge < -0.3 is 0 Å². The lowest BCUT2D eigenvalue weighted by molar-refractivity contribution is 0.819. The molecule has 3 aromatic carbocycles. The predicted molar refractivity (Wildman–Crippen MR) is 108 cm³/mol. The molecule has 0 fully saturated rings. The van der Waals surface area contributed by atoms with Crippen LogP contribution in [0.2, 0.25) is 0 Å². The Labute approximate surface area is 156 Å². The summed E-state index contributed by atoms with van der Waals surface area (Å²) in [6, 6.07) is 25.7. The molecule has 0 spiro atoms. The minimum absolute atomic E-state index is 0.0324. The van der Waals surface area contributed by atoms with Crippen LogP contribution in [0.15, 0.2) is 88.8 Å². The fourth-order valence-electron chi connectivity index (χ4n) is 2.85. The molecule has 4 heteroatoms. The van der Waals surface area contributed by atoms with Crippen molar-refractivity contribution in [1.29, 1.82) is 0 Å². The number of para-hydroxylation sites is 1. The lowest BCUT2D eigenvalue weighted by Gasteiger charge is -2.13. The van der Waals surface area contributed by atoms with Crippen LogP contribution in [-0.4, -0.2) is 9.55 Å². The van der Waals surface area contributed by atoms with Gasteiger partial charge in [0.25, 0.3) is 5.56 Å². The topological polar surface area (TPSA) is 34.9 Å². The molecule has 0 aliphatic heterocycles. The van der Waals surface area contributed by atoms with Crippen molar-refractivity contribution in [2.45, 2.75) is 17.8 Å². The summed E-state index contributed by atoms with van der Waals surface area (Å²) in [5.74, 6) is 0.761. The summed E-state index contributed by atoms with van der Waals surface area (Å²) in [6.45, 7) is 2.04. The van der Waals surface area contributed by atoms with Crippen molar-refractivity contribution >= 4 is 22.7 Å². The van der Waals surface area contributed by atoms with Crippen molar-refractivity contribution in [3.63, 3.8) is 0 Å². The number of hydrogen-bond donors (Lipinski definition) is 0. The smallest absolute Gasteiger partial charge is 0.266 e. The van der Waals surface area contributed by atoms with Crippen molar-refractivity contribution in [3.8, 4) is 5.69 Å². The van der Waals surface area contributed by atoms with Gasteiger partial charge in [0.2, 0.25) is 0 Å². The zero-order valence-electron chi connectivity index (χ0n) is 14.4. The van der Waals surface area contributed by atoms with E-state index >= 15 is 0 Å². The van der Waals surface area contributed by atoms with Crippen LogP contribution in [-0.2, 0) is 5.75 Å². The molecule has 0 bridgehead atoms. The highest BCUT2D eigenvalue weighted by Crippen LogP contribution is 2.24. The van der Waals surface area contributed by atoms with E-state index in [0.29, 0.717) is 10.5 Å². The van der Waals surface area contributed by atoms with Gasteiger partial charge in [-0.2, -0.15) is 0 Å². The SMILES string of the molecule is Cc1ccc(-n2c(SCc3ccccc3)nc3ccccc3c2=O)cc1. The zero-order valence-corrected chi connectivity index (χ0v) is 15.2. The van der Waals surface area contributed by atoms with E-state index in [1.54, 1.807) is 16.3 Å². The molecule has 0 atom stereocenters. The Kier molecular flexibility index (Phi) is 4.59. The molecular weight excluding hydrogens is 340 g/mol. The molecule has 0 saturated carbocycles. The number of thioether (sulfide) groups is 1. The summed E-state index contributed by atoms with van der Waals surface area (Å²) >= 11 is 1.58. The minimum Gasteiger partial charge on any atom is -0.268 e. The van der Waals surface area contributed by atoms with Crippen LogP contribution in [0.5, 0.6) is 0 Å². The van der Waals surface area contributed by atoms with E-state index in [9.17, 15) is 4.79 Å². The third-order valence-corrected chi connectivity index (χ3v) is 5.26. The Morgan fingerprint density at radius 3 is 2.35 bits per heavy atom. The van der Waals surface area contributed by atoms with Gasteiger partial charge in [0.05, 0.1) is 16.6 Å². The summed E-state index contributed by atoms with van der Waals surface area (Å²) < 4.78 is 1.72. The lowest BCUT2D eigenvalue weighted by Crippen LogP contribution is -2.21. The van der Waals surface area contributed by atoms with Crippen LogP contribution < -0.4 is 5.56 Å². The molecule has 0 radical (unpaired) electrons. The van der Waals surface area contributed by atoms with Gasteiger partial charge in [-0.1, -0.05) is 71.9 Å². The van der Waals surface area contributed by atoms with Crippen molar-refractivity contribution in [3.05, 3.63) is 100 Å². The van der Waals surface area contributed by atoms with E-state index in [4.69, 9.17) is 4.98 Å². The number of aromatic nitrogens is 2. The van der Waals surface area contributed by atoms with Crippen LogP contribution >= 0.6 is 11.8 Å². The molecule has 26 heavy (non-hydrogen) atoms. The first-order valence-corrected chi connectivity index (χ1v) is 9.46. The highest BCUT2D eigenvalue weighted by atomic mass is 32.2. The zero-order chi connectivity index (χ0) is 17.9. The molecule has 4 rings (SSSR count). The summed E-state index contributed by atoms with van der Waals surface area (Å²) in [4.78, 5) is 17.9. The Hall–Kier alpha value is -2.85. The largest absolute Gasteiger partial charge is 0.268 e. The van der Waals surface area contributed by atoms with E-state index in [2.05, 4.69) is 12.1 Å². The van der Waals surface area contributed by atoms with Gasteiger partial charge in [-0.3, -0.25) is 9.36 Å². The van der Waals surface area contributed by atoms with E-state index in [-0.39, 0.29) is 5.56 Å². The van der Waals surface area contributed by atoms with Gasteiger partial charge in [-0.15, -0.1) is 0 Å². The molecule has 1 heterocycles. The molecule has 0 amide bonds. The van der Waals surface area contributed by atoms with Gasteiger partial charge in [-0.05, 0) is 36.8 Å². The van der Waals surface area contributed by atoms with Crippen LogP contribution in [0.25, 0.3) is 16.6 Å². The number of benzene rings is 3. The summed E-state index contributed by atoms with van der Waals surface area (Å²) in [5.41, 5.74) is 3.91. The molecule has 0 N–H and O–H groups in total. The maximum absolute atomic E-state index is 13.2. The van der Waals surface area contributed by atoms with E-state index in [1.807, 2.05) is 73.7 Å². The molecule has 0 aliphatic rings. The molecule has 3 nitrogen and oxygen atoms in total. The third-order valence-electron chi connectivity index (χ3n) is 4.25. The molecule has 0 saturated heterocycles. The lowest BCUT2D eigenvalue weighted by atomic mass is 10.2. The highest BCUT2D eigenvalue weighted by Gasteiger charge is 2.13. The summed E-state index contributed by atoms with van der Waals surface area (Å²) in [7, 11) is 0. The summed E-state index contributed by atoms with van der Waals surface area (Å²) in [6.07, 6.45) is 0. The first-order valence-electron chi connectivity index (χ1n) is 8.48. The second kappa shape index (κ2) is 7.18. The molecule has 0 aliphatic carbocycles. The van der Waals surface area contributed by atoms with Gasteiger partial charge in [0.1, 0.15) is 0 Å². The number of fused-ring (bicyclic) bond motifs is 1. The molecular formula is C22H18N2OS. The molecule has 1 aromatic heterocycles. The van der Waals surface area contributed by atoms with Crippen molar-refractivity contribution < 1.29 is 0 Å². The molecule has 4 aromatic rings. The number of aryl methyl sites for hydroxylation is 1. The fraction of sp³-hybridized carbons (Fsp3) is 0.0909. The van der Waals surface area contributed by atoms with Gasteiger partial charge in [0, 0.05) is 5.75 Å². The second-order valence-corrected chi connectivity index (χ2v) is 7.10. The van der Waals surface area contributed by atoms with Crippen LogP contribution in [0, 0.1) is 6.92 Å².